The fraction of sp³-hybridized carbons (Fsp3) is 0.529. The van der Waals surface area contributed by atoms with E-state index in [4.69, 9.17) is 0 Å². The number of hydrogen-bond donors (Lipinski definition) is 3. The van der Waals surface area contributed by atoms with Crippen LogP contribution in [-0.2, 0) is 14.6 Å². The zero-order valence-electron chi connectivity index (χ0n) is 14.1. The standard InChI is InChI=1S/C17H23N3O4S/c1-11-6-2-3-7-12(11)18-15(21)9-5-4-8-14-16-13(10-25(14,23)24)19-17(22)20-16/h2-3,6-7,13-14,16H,4-5,8-10H2,1H3,(H,18,21)(H2,19,20,22)/t13-,14-,16+/m1/s1. The van der Waals surface area contributed by atoms with Gasteiger partial charge in [0.15, 0.2) is 9.84 Å². The van der Waals surface area contributed by atoms with Crippen molar-refractivity contribution in [2.24, 2.45) is 0 Å². The number of urea groups is 1. The molecule has 2 aliphatic heterocycles. The zero-order valence-corrected chi connectivity index (χ0v) is 14.9. The van der Waals surface area contributed by atoms with E-state index in [1.807, 2.05) is 31.2 Å². The van der Waals surface area contributed by atoms with Crippen LogP contribution in [0.2, 0.25) is 0 Å². The lowest BCUT2D eigenvalue weighted by Gasteiger charge is -2.16. The van der Waals surface area contributed by atoms with Crippen LogP contribution in [0.15, 0.2) is 24.3 Å². The number of amides is 3. The molecule has 0 spiro atoms. The highest BCUT2D eigenvalue weighted by Gasteiger charge is 2.51. The fourth-order valence-corrected chi connectivity index (χ4v) is 5.83. The minimum atomic E-state index is -3.20. The Balaban J connectivity index is 1.46. The van der Waals surface area contributed by atoms with Gasteiger partial charge in [0.05, 0.1) is 23.1 Å². The fourth-order valence-electron chi connectivity index (χ4n) is 3.56. The van der Waals surface area contributed by atoms with Crippen LogP contribution >= 0.6 is 0 Å². The molecule has 7 nitrogen and oxygen atoms in total. The van der Waals surface area contributed by atoms with Gasteiger partial charge in [0.25, 0.3) is 0 Å². The Morgan fingerprint density at radius 3 is 2.76 bits per heavy atom. The molecule has 3 N–H and O–H groups in total. The van der Waals surface area contributed by atoms with E-state index in [0.717, 1.165) is 11.3 Å². The molecule has 0 saturated carbocycles. The van der Waals surface area contributed by atoms with Crippen LogP contribution < -0.4 is 16.0 Å². The molecule has 136 valence electrons. The van der Waals surface area contributed by atoms with E-state index in [0.29, 0.717) is 25.7 Å². The van der Waals surface area contributed by atoms with Crippen molar-refractivity contribution >= 4 is 27.5 Å². The van der Waals surface area contributed by atoms with E-state index in [1.54, 1.807) is 0 Å². The van der Waals surface area contributed by atoms with Crippen LogP contribution in [0.3, 0.4) is 0 Å². The predicted molar refractivity (Wildman–Crippen MR) is 95.1 cm³/mol. The van der Waals surface area contributed by atoms with Crippen molar-refractivity contribution < 1.29 is 18.0 Å². The lowest BCUT2D eigenvalue weighted by molar-refractivity contribution is -0.116. The molecule has 0 unspecified atom stereocenters. The predicted octanol–water partition coefficient (Wildman–Crippen LogP) is 1.34. The summed E-state index contributed by atoms with van der Waals surface area (Å²) >= 11 is 0. The first-order valence-corrected chi connectivity index (χ1v) is 10.2. The van der Waals surface area contributed by atoms with Crippen LogP contribution in [0.25, 0.3) is 0 Å². The topological polar surface area (TPSA) is 104 Å². The summed E-state index contributed by atoms with van der Waals surface area (Å²) in [4.78, 5) is 23.4. The van der Waals surface area contributed by atoms with Crippen LogP contribution in [0.5, 0.6) is 0 Å². The van der Waals surface area contributed by atoms with Crippen molar-refractivity contribution in [2.45, 2.75) is 49.9 Å². The van der Waals surface area contributed by atoms with Gasteiger partial charge in [-0.1, -0.05) is 24.6 Å². The summed E-state index contributed by atoms with van der Waals surface area (Å²) in [5.41, 5.74) is 1.80. The molecule has 8 heteroatoms. The third-order valence-corrected chi connectivity index (χ3v) is 7.16. The minimum Gasteiger partial charge on any atom is -0.332 e. The smallest absolute Gasteiger partial charge is 0.315 e. The summed E-state index contributed by atoms with van der Waals surface area (Å²) < 4.78 is 24.4. The molecule has 1 aromatic rings. The quantitative estimate of drug-likeness (QED) is 0.523. The van der Waals surface area contributed by atoms with E-state index in [2.05, 4.69) is 16.0 Å². The highest BCUT2D eigenvalue weighted by molar-refractivity contribution is 7.92. The molecule has 0 radical (unpaired) electrons. The highest BCUT2D eigenvalue weighted by atomic mass is 32.2. The number of fused-ring (bicyclic) bond motifs is 1. The average Bonchev–Trinajstić information content (AvgIpc) is 2.98. The number of anilines is 1. The Morgan fingerprint density at radius 2 is 2.00 bits per heavy atom. The van der Waals surface area contributed by atoms with Crippen LogP contribution in [0, 0.1) is 6.92 Å². The molecule has 3 rings (SSSR count). The normalized spacial score (nSPS) is 26.6. The molecule has 25 heavy (non-hydrogen) atoms. The lowest BCUT2D eigenvalue weighted by Crippen LogP contribution is -2.39. The molecule has 2 fully saturated rings. The molecular formula is C17H23N3O4S. The molecule has 3 atom stereocenters. The van der Waals surface area contributed by atoms with Crippen molar-refractivity contribution in [3.8, 4) is 0 Å². The first-order valence-electron chi connectivity index (χ1n) is 8.51. The van der Waals surface area contributed by atoms with Crippen molar-refractivity contribution in [1.29, 1.82) is 0 Å². The monoisotopic (exact) mass is 365 g/mol. The summed E-state index contributed by atoms with van der Waals surface area (Å²) in [7, 11) is -3.20. The first kappa shape index (κ1) is 17.7. The van der Waals surface area contributed by atoms with Gasteiger partial charge in [0.2, 0.25) is 5.91 Å². The second-order valence-electron chi connectivity index (χ2n) is 6.73. The van der Waals surface area contributed by atoms with Gasteiger partial charge in [-0.15, -0.1) is 0 Å². The number of aryl methyl sites for hydroxylation is 1. The SMILES string of the molecule is Cc1ccccc1NC(=O)CCCC[C@@H]1[C@H]2NC(=O)N[C@@H]2CS1(=O)=O. The van der Waals surface area contributed by atoms with Gasteiger partial charge in [-0.3, -0.25) is 4.79 Å². The van der Waals surface area contributed by atoms with Crippen LogP contribution in [-0.4, -0.2) is 43.4 Å². The summed E-state index contributed by atoms with van der Waals surface area (Å²) in [6.07, 6.45) is 2.05. The van der Waals surface area contributed by atoms with Gasteiger partial charge in [-0.2, -0.15) is 0 Å². The van der Waals surface area contributed by atoms with Crippen molar-refractivity contribution in [3.05, 3.63) is 29.8 Å². The van der Waals surface area contributed by atoms with Crippen molar-refractivity contribution in [2.75, 3.05) is 11.1 Å². The molecule has 0 bridgehead atoms. The number of benzene rings is 1. The molecular weight excluding hydrogens is 342 g/mol. The van der Waals surface area contributed by atoms with E-state index in [-0.39, 0.29) is 29.8 Å². The molecule has 1 aromatic carbocycles. The number of carbonyl (C=O) groups is 2. The van der Waals surface area contributed by atoms with Crippen LogP contribution in [0.4, 0.5) is 10.5 Å². The summed E-state index contributed by atoms with van der Waals surface area (Å²) in [5, 5.41) is 7.67. The number of carbonyl (C=O) groups excluding carboxylic acids is 2. The maximum Gasteiger partial charge on any atom is 0.315 e. The number of sulfone groups is 1. The van der Waals surface area contributed by atoms with Gasteiger partial charge >= 0.3 is 6.03 Å². The third-order valence-electron chi connectivity index (χ3n) is 4.88. The molecule has 0 aromatic heterocycles. The van der Waals surface area contributed by atoms with Crippen molar-refractivity contribution in [3.63, 3.8) is 0 Å². The maximum atomic E-state index is 12.2. The largest absolute Gasteiger partial charge is 0.332 e. The van der Waals surface area contributed by atoms with Gasteiger partial charge in [0.1, 0.15) is 0 Å². The highest BCUT2D eigenvalue weighted by Crippen LogP contribution is 2.28. The number of rotatable bonds is 6. The third kappa shape index (κ3) is 3.95. The minimum absolute atomic E-state index is 0.00512. The number of nitrogens with one attached hydrogen (secondary N) is 3. The Labute approximate surface area is 147 Å². The molecule has 2 heterocycles. The second-order valence-corrected chi connectivity index (χ2v) is 8.99. The van der Waals surface area contributed by atoms with E-state index in [9.17, 15) is 18.0 Å². The first-order chi connectivity index (χ1) is 11.9. The number of para-hydroxylation sites is 1. The second kappa shape index (κ2) is 7.03. The summed E-state index contributed by atoms with van der Waals surface area (Å²) in [6.45, 7) is 1.93. The van der Waals surface area contributed by atoms with Crippen LogP contribution in [0.1, 0.15) is 31.2 Å². The van der Waals surface area contributed by atoms with Gasteiger partial charge < -0.3 is 16.0 Å². The molecule has 2 aliphatic rings. The molecule has 0 aliphatic carbocycles. The molecule has 3 amide bonds. The van der Waals surface area contributed by atoms with E-state index >= 15 is 0 Å². The number of unbranched alkanes of at least 4 members (excludes halogenated alkanes) is 1. The number of hydrogen-bond acceptors (Lipinski definition) is 4. The maximum absolute atomic E-state index is 12.2. The van der Waals surface area contributed by atoms with Gasteiger partial charge in [0, 0.05) is 12.1 Å². The summed E-state index contributed by atoms with van der Waals surface area (Å²) in [5.74, 6) is -0.0771. The Kier molecular flexibility index (Phi) is 4.99. The van der Waals surface area contributed by atoms with Crippen molar-refractivity contribution in [1.82, 2.24) is 10.6 Å². The zero-order chi connectivity index (χ0) is 18.0. The molecule has 2 saturated heterocycles. The van der Waals surface area contributed by atoms with Gasteiger partial charge in [-0.05, 0) is 31.4 Å². The van der Waals surface area contributed by atoms with Gasteiger partial charge in [-0.25, -0.2) is 13.2 Å². The Hall–Kier alpha value is -2.09. The lowest BCUT2D eigenvalue weighted by atomic mass is 10.0. The Morgan fingerprint density at radius 1 is 1.24 bits per heavy atom. The van der Waals surface area contributed by atoms with E-state index in [1.165, 1.54) is 0 Å². The van der Waals surface area contributed by atoms with E-state index < -0.39 is 15.1 Å². The Bertz CT molecular complexity index is 778. The summed E-state index contributed by atoms with van der Waals surface area (Å²) in [6, 6.07) is 6.60. The average molecular weight is 365 g/mol.